The number of aliphatic carboxylic acids is 1. The summed E-state index contributed by atoms with van der Waals surface area (Å²) in [6.07, 6.45) is 5.05. The van der Waals surface area contributed by atoms with E-state index in [1.54, 1.807) is 6.07 Å². The molecule has 0 bridgehead atoms. The average molecular weight is 220 g/mol. The number of halogens is 1. The third-order valence-electron chi connectivity index (χ3n) is 2.72. The fraction of sp³-hybridized carbons (Fsp3) is 0.308. The Hall–Kier alpha value is -1.64. The van der Waals surface area contributed by atoms with Gasteiger partial charge >= 0.3 is 5.97 Å². The fourth-order valence-corrected chi connectivity index (χ4v) is 2.05. The molecular weight excluding hydrogens is 207 g/mol. The van der Waals surface area contributed by atoms with E-state index in [0.29, 0.717) is 5.56 Å². The third-order valence-corrected chi connectivity index (χ3v) is 2.72. The predicted molar refractivity (Wildman–Crippen MR) is 59.6 cm³/mol. The van der Waals surface area contributed by atoms with Crippen molar-refractivity contribution >= 4 is 11.5 Å². The second kappa shape index (κ2) is 4.47. The predicted octanol–water partition coefficient (Wildman–Crippen LogP) is 3.02. The van der Waals surface area contributed by atoms with Gasteiger partial charge in [-0.3, -0.25) is 4.79 Å². The first-order valence-electron chi connectivity index (χ1n) is 5.36. The number of hydrogen-bond donors (Lipinski definition) is 1. The molecule has 2 rings (SSSR count). The zero-order valence-electron chi connectivity index (χ0n) is 8.87. The Bertz CT molecular complexity index is 449. The molecule has 84 valence electrons. The van der Waals surface area contributed by atoms with Crippen LogP contribution < -0.4 is 0 Å². The van der Waals surface area contributed by atoms with E-state index in [1.807, 2.05) is 0 Å². The van der Waals surface area contributed by atoms with Gasteiger partial charge in [-0.05, 0) is 48.1 Å². The molecule has 1 aromatic carbocycles. The van der Waals surface area contributed by atoms with Crippen molar-refractivity contribution in [3.05, 3.63) is 41.2 Å². The summed E-state index contributed by atoms with van der Waals surface area (Å²) >= 11 is 0. The molecule has 0 unspecified atom stereocenters. The first-order valence-corrected chi connectivity index (χ1v) is 5.36. The summed E-state index contributed by atoms with van der Waals surface area (Å²) in [6, 6.07) is 4.53. The van der Waals surface area contributed by atoms with Gasteiger partial charge in [0.1, 0.15) is 5.82 Å². The van der Waals surface area contributed by atoms with Crippen LogP contribution in [0.3, 0.4) is 0 Å². The maximum atomic E-state index is 13.3. The summed E-state index contributed by atoms with van der Waals surface area (Å²) in [5.74, 6) is -1.29. The van der Waals surface area contributed by atoms with Crippen molar-refractivity contribution in [3.8, 4) is 0 Å². The first kappa shape index (κ1) is 10.9. The Labute approximate surface area is 93.4 Å². The maximum absolute atomic E-state index is 13.3. The molecule has 3 heteroatoms. The Balaban J connectivity index is 2.31. The van der Waals surface area contributed by atoms with Crippen LogP contribution in [0, 0.1) is 5.82 Å². The largest absolute Gasteiger partial charge is 0.481 e. The molecule has 0 fully saturated rings. The number of carboxylic acids is 1. The van der Waals surface area contributed by atoms with E-state index < -0.39 is 5.97 Å². The van der Waals surface area contributed by atoms with Crippen LogP contribution in [-0.2, 0) is 11.2 Å². The summed E-state index contributed by atoms with van der Waals surface area (Å²) in [6.45, 7) is 0. The highest BCUT2D eigenvalue weighted by Crippen LogP contribution is 2.28. The molecule has 0 saturated heterocycles. The summed E-state index contributed by atoms with van der Waals surface area (Å²) in [4.78, 5) is 10.6. The normalized spacial score (nSPS) is 14.9. The van der Waals surface area contributed by atoms with E-state index >= 15 is 0 Å². The molecule has 1 N–H and O–H groups in total. The zero-order chi connectivity index (χ0) is 11.5. The minimum absolute atomic E-state index is 0.127. The van der Waals surface area contributed by atoms with Crippen LogP contribution in [0.5, 0.6) is 0 Å². The lowest BCUT2D eigenvalue weighted by Crippen LogP contribution is -2.01. The molecule has 0 spiro atoms. The molecule has 0 heterocycles. The van der Waals surface area contributed by atoms with E-state index in [2.05, 4.69) is 6.08 Å². The molecule has 0 saturated carbocycles. The standard InChI is InChI=1S/C13H13FO2/c14-12-6-9(7-13(15)16)5-11(8-12)10-3-1-2-4-10/h3,5-6,8H,1-2,4,7H2,(H,15,16). The zero-order valence-corrected chi connectivity index (χ0v) is 8.87. The van der Waals surface area contributed by atoms with Crippen LogP contribution in [0.15, 0.2) is 24.3 Å². The van der Waals surface area contributed by atoms with E-state index in [-0.39, 0.29) is 12.2 Å². The van der Waals surface area contributed by atoms with Gasteiger partial charge in [0, 0.05) is 0 Å². The number of allylic oxidation sites excluding steroid dienone is 2. The number of benzene rings is 1. The van der Waals surface area contributed by atoms with E-state index in [4.69, 9.17) is 5.11 Å². The summed E-state index contributed by atoms with van der Waals surface area (Å²) in [7, 11) is 0. The first-order chi connectivity index (χ1) is 7.65. The van der Waals surface area contributed by atoms with Crippen LogP contribution in [0.1, 0.15) is 30.4 Å². The number of carbonyl (C=O) groups is 1. The molecular formula is C13H13FO2. The monoisotopic (exact) mass is 220 g/mol. The molecule has 0 atom stereocenters. The number of carboxylic acid groups (broad SMARTS) is 1. The van der Waals surface area contributed by atoms with Crippen molar-refractivity contribution in [2.24, 2.45) is 0 Å². The van der Waals surface area contributed by atoms with Crippen LogP contribution in [0.25, 0.3) is 5.57 Å². The molecule has 1 aliphatic carbocycles. The maximum Gasteiger partial charge on any atom is 0.307 e. The van der Waals surface area contributed by atoms with Crippen molar-refractivity contribution < 1.29 is 14.3 Å². The van der Waals surface area contributed by atoms with Crippen molar-refractivity contribution in [1.29, 1.82) is 0 Å². The Morgan fingerprint density at radius 3 is 2.81 bits per heavy atom. The van der Waals surface area contributed by atoms with Crippen LogP contribution in [0.4, 0.5) is 4.39 Å². The molecule has 0 radical (unpaired) electrons. The van der Waals surface area contributed by atoms with Gasteiger partial charge < -0.3 is 5.11 Å². The van der Waals surface area contributed by atoms with Gasteiger partial charge in [0.2, 0.25) is 0 Å². The molecule has 0 aliphatic heterocycles. The Kier molecular flexibility index (Phi) is 3.04. The van der Waals surface area contributed by atoms with Gasteiger partial charge in [0.25, 0.3) is 0 Å². The number of hydrogen-bond acceptors (Lipinski definition) is 1. The quantitative estimate of drug-likeness (QED) is 0.850. The third kappa shape index (κ3) is 2.48. The molecule has 16 heavy (non-hydrogen) atoms. The van der Waals surface area contributed by atoms with Gasteiger partial charge in [-0.15, -0.1) is 0 Å². The molecule has 0 amide bonds. The van der Waals surface area contributed by atoms with Crippen LogP contribution >= 0.6 is 0 Å². The summed E-state index contributed by atoms with van der Waals surface area (Å²) in [5.41, 5.74) is 2.48. The van der Waals surface area contributed by atoms with Gasteiger partial charge in [-0.25, -0.2) is 4.39 Å². The molecule has 0 aromatic heterocycles. The highest BCUT2D eigenvalue weighted by Gasteiger charge is 2.10. The molecule has 1 aliphatic rings. The Morgan fingerprint density at radius 1 is 1.38 bits per heavy atom. The van der Waals surface area contributed by atoms with Crippen LogP contribution in [0.2, 0.25) is 0 Å². The summed E-state index contributed by atoms with van der Waals surface area (Å²) in [5, 5.41) is 8.68. The summed E-state index contributed by atoms with van der Waals surface area (Å²) < 4.78 is 13.3. The van der Waals surface area contributed by atoms with E-state index in [0.717, 1.165) is 30.4 Å². The molecule has 2 nitrogen and oxygen atoms in total. The lowest BCUT2D eigenvalue weighted by atomic mass is 10.0. The van der Waals surface area contributed by atoms with E-state index in [1.165, 1.54) is 12.1 Å². The second-order valence-electron chi connectivity index (χ2n) is 4.04. The van der Waals surface area contributed by atoms with Gasteiger partial charge in [-0.1, -0.05) is 12.1 Å². The van der Waals surface area contributed by atoms with Gasteiger partial charge in [0.05, 0.1) is 6.42 Å². The van der Waals surface area contributed by atoms with Crippen molar-refractivity contribution in [2.75, 3.05) is 0 Å². The van der Waals surface area contributed by atoms with Crippen molar-refractivity contribution in [3.63, 3.8) is 0 Å². The van der Waals surface area contributed by atoms with E-state index in [9.17, 15) is 9.18 Å². The number of rotatable bonds is 3. The lowest BCUT2D eigenvalue weighted by Gasteiger charge is -2.05. The van der Waals surface area contributed by atoms with Crippen LogP contribution in [-0.4, -0.2) is 11.1 Å². The topological polar surface area (TPSA) is 37.3 Å². The highest BCUT2D eigenvalue weighted by molar-refractivity contribution is 5.72. The lowest BCUT2D eigenvalue weighted by molar-refractivity contribution is -0.136. The minimum Gasteiger partial charge on any atom is -0.481 e. The smallest absolute Gasteiger partial charge is 0.307 e. The fourth-order valence-electron chi connectivity index (χ4n) is 2.05. The average Bonchev–Trinajstić information content (AvgIpc) is 2.67. The van der Waals surface area contributed by atoms with Crippen molar-refractivity contribution in [1.82, 2.24) is 0 Å². The van der Waals surface area contributed by atoms with Gasteiger partial charge in [-0.2, -0.15) is 0 Å². The van der Waals surface area contributed by atoms with Gasteiger partial charge in [0.15, 0.2) is 0 Å². The Morgan fingerprint density at radius 2 is 2.19 bits per heavy atom. The second-order valence-corrected chi connectivity index (χ2v) is 4.04. The molecule has 1 aromatic rings. The SMILES string of the molecule is O=C(O)Cc1cc(F)cc(C2=CCCC2)c1. The van der Waals surface area contributed by atoms with Crippen molar-refractivity contribution in [2.45, 2.75) is 25.7 Å². The minimum atomic E-state index is -0.933. The highest BCUT2D eigenvalue weighted by atomic mass is 19.1.